The standard InChI is InChI=1S/C7H8BrN3O2S2/c8-4-1-2-5(7(9)14)6(3-4)11-15(10,12)13/h1-3,11H,(H2,9,14)(H2,10,12,13). The van der Waals surface area contributed by atoms with Gasteiger partial charge in [0.15, 0.2) is 0 Å². The summed E-state index contributed by atoms with van der Waals surface area (Å²) in [5, 5.41) is 4.85. The molecule has 0 spiro atoms. The van der Waals surface area contributed by atoms with E-state index in [0.29, 0.717) is 10.0 Å². The molecule has 0 atom stereocenters. The average molecular weight is 310 g/mol. The minimum Gasteiger partial charge on any atom is -0.389 e. The molecule has 0 aliphatic heterocycles. The maximum Gasteiger partial charge on any atom is 0.296 e. The average Bonchev–Trinajstić information content (AvgIpc) is 1.99. The molecule has 0 aliphatic rings. The van der Waals surface area contributed by atoms with Crippen LogP contribution in [0.4, 0.5) is 5.69 Å². The third-order valence-corrected chi connectivity index (χ3v) is 2.72. The fourth-order valence-electron chi connectivity index (χ4n) is 0.969. The van der Waals surface area contributed by atoms with Crippen molar-refractivity contribution in [3.63, 3.8) is 0 Å². The van der Waals surface area contributed by atoms with Crippen LogP contribution in [0.1, 0.15) is 5.56 Å². The molecule has 0 radical (unpaired) electrons. The summed E-state index contributed by atoms with van der Waals surface area (Å²) in [7, 11) is -3.84. The first-order chi connectivity index (χ1) is 6.79. The van der Waals surface area contributed by atoms with Crippen LogP contribution in [0.15, 0.2) is 22.7 Å². The first-order valence-corrected chi connectivity index (χ1v) is 6.44. The Labute approximate surface area is 101 Å². The lowest BCUT2D eigenvalue weighted by molar-refractivity contribution is 0.603. The summed E-state index contributed by atoms with van der Waals surface area (Å²) in [6, 6.07) is 4.82. The van der Waals surface area contributed by atoms with Crippen molar-refractivity contribution in [2.45, 2.75) is 0 Å². The van der Waals surface area contributed by atoms with Crippen molar-refractivity contribution < 1.29 is 8.42 Å². The van der Waals surface area contributed by atoms with Crippen molar-refractivity contribution in [2.75, 3.05) is 4.72 Å². The molecule has 0 heterocycles. The van der Waals surface area contributed by atoms with Crippen molar-refractivity contribution in [3.8, 4) is 0 Å². The van der Waals surface area contributed by atoms with Crippen LogP contribution in [-0.4, -0.2) is 13.4 Å². The van der Waals surface area contributed by atoms with Gasteiger partial charge in [0.05, 0.1) is 5.69 Å². The SMILES string of the molecule is NC(=S)c1ccc(Br)cc1NS(N)(=O)=O. The van der Waals surface area contributed by atoms with E-state index in [1.165, 1.54) is 6.07 Å². The molecule has 0 amide bonds. The number of nitrogens with two attached hydrogens (primary N) is 2. The molecule has 0 unspecified atom stereocenters. The van der Waals surface area contributed by atoms with Crippen LogP contribution < -0.4 is 15.6 Å². The maximum absolute atomic E-state index is 10.9. The molecule has 1 aromatic rings. The van der Waals surface area contributed by atoms with Crippen LogP contribution in [0.5, 0.6) is 0 Å². The smallest absolute Gasteiger partial charge is 0.296 e. The van der Waals surface area contributed by atoms with Crippen molar-refractivity contribution in [3.05, 3.63) is 28.2 Å². The van der Waals surface area contributed by atoms with E-state index in [2.05, 4.69) is 20.7 Å². The predicted octanol–water partition coefficient (Wildman–Crippen LogP) is 0.699. The summed E-state index contributed by atoms with van der Waals surface area (Å²) in [5.41, 5.74) is 6.09. The second-order valence-electron chi connectivity index (χ2n) is 2.70. The lowest BCUT2D eigenvalue weighted by atomic mass is 10.2. The van der Waals surface area contributed by atoms with E-state index in [9.17, 15) is 8.42 Å². The monoisotopic (exact) mass is 309 g/mol. The van der Waals surface area contributed by atoms with Crippen molar-refractivity contribution in [1.29, 1.82) is 0 Å². The fraction of sp³-hybridized carbons (Fsp3) is 0. The Kier molecular flexibility index (Phi) is 3.66. The van der Waals surface area contributed by atoms with Gasteiger partial charge in [-0.2, -0.15) is 8.42 Å². The highest BCUT2D eigenvalue weighted by atomic mass is 79.9. The Morgan fingerprint density at radius 2 is 2.07 bits per heavy atom. The number of nitrogens with one attached hydrogen (secondary N) is 1. The van der Waals surface area contributed by atoms with Crippen LogP contribution in [0.25, 0.3) is 0 Å². The lowest BCUT2D eigenvalue weighted by Crippen LogP contribution is -2.24. The first-order valence-electron chi connectivity index (χ1n) is 3.69. The summed E-state index contributed by atoms with van der Waals surface area (Å²) >= 11 is 7.96. The van der Waals surface area contributed by atoms with E-state index in [4.69, 9.17) is 23.1 Å². The molecular formula is C7H8BrN3O2S2. The molecule has 1 rings (SSSR count). The summed E-state index contributed by atoms with van der Waals surface area (Å²) in [4.78, 5) is 0.0913. The molecule has 1 aromatic carbocycles. The topological polar surface area (TPSA) is 98.2 Å². The quantitative estimate of drug-likeness (QED) is 0.716. The van der Waals surface area contributed by atoms with Gasteiger partial charge in [-0.3, -0.25) is 4.72 Å². The summed E-state index contributed by atoms with van der Waals surface area (Å²) < 4.78 is 24.5. The summed E-state index contributed by atoms with van der Waals surface area (Å²) in [6.07, 6.45) is 0. The predicted molar refractivity (Wildman–Crippen MR) is 66.8 cm³/mol. The van der Waals surface area contributed by atoms with Crippen LogP contribution >= 0.6 is 28.1 Å². The van der Waals surface area contributed by atoms with Crippen LogP contribution in [0, 0.1) is 0 Å². The van der Waals surface area contributed by atoms with Crippen LogP contribution in [-0.2, 0) is 10.2 Å². The molecule has 0 saturated heterocycles. The third kappa shape index (κ3) is 3.74. The van der Waals surface area contributed by atoms with Crippen LogP contribution in [0.3, 0.4) is 0 Å². The van der Waals surface area contributed by atoms with E-state index in [0.717, 1.165) is 0 Å². The normalized spacial score (nSPS) is 11.1. The number of hydrogen-bond acceptors (Lipinski definition) is 3. The Bertz CT molecular complexity index is 501. The highest BCUT2D eigenvalue weighted by molar-refractivity contribution is 9.10. The van der Waals surface area contributed by atoms with Crippen molar-refractivity contribution in [2.24, 2.45) is 10.9 Å². The zero-order valence-electron chi connectivity index (χ0n) is 7.40. The minimum absolute atomic E-state index is 0.0913. The molecule has 0 aliphatic carbocycles. The molecule has 0 fully saturated rings. The summed E-state index contributed by atoms with van der Waals surface area (Å²) in [5.74, 6) is 0. The minimum atomic E-state index is -3.84. The Morgan fingerprint density at radius 1 is 1.47 bits per heavy atom. The lowest BCUT2D eigenvalue weighted by Gasteiger charge is -2.09. The van der Waals surface area contributed by atoms with E-state index in [1.807, 2.05) is 0 Å². The van der Waals surface area contributed by atoms with Gasteiger partial charge in [0.25, 0.3) is 10.2 Å². The molecular weight excluding hydrogens is 302 g/mol. The highest BCUT2D eigenvalue weighted by Gasteiger charge is 2.10. The summed E-state index contributed by atoms with van der Waals surface area (Å²) in [6.45, 7) is 0. The number of thiocarbonyl (C=S) groups is 1. The van der Waals surface area contributed by atoms with E-state index >= 15 is 0 Å². The Balaban J connectivity index is 3.25. The first kappa shape index (κ1) is 12.4. The largest absolute Gasteiger partial charge is 0.389 e. The molecule has 8 heteroatoms. The maximum atomic E-state index is 10.9. The van der Waals surface area contributed by atoms with Gasteiger partial charge in [-0.05, 0) is 18.2 Å². The van der Waals surface area contributed by atoms with Crippen molar-refractivity contribution in [1.82, 2.24) is 0 Å². The Hall–Kier alpha value is -0.700. The number of anilines is 1. The number of rotatable bonds is 3. The zero-order chi connectivity index (χ0) is 11.6. The Morgan fingerprint density at radius 3 is 2.53 bits per heavy atom. The van der Waals surface area contributed by atoms with Gasteiger partial charge < -0.3 is 5.73 Å². The van der Waals surface area contributed by atoms with Gasteiger partial charge in [0, 0.05) is 10.0 Å². The van der Waals surface area contributed by atoms with Gasteiger partial charge in [-0.25, -0.2) is 5.14 Å². The van der Waals surface area contributed by atoms with Gasteiger partial charge >= 0.3 is 0 Å². The molecule has 0 bridgehead atoms. The second-order valence-corrected chi connectivity index (χ2v) is 5.35. The third-order valence-electron chi connectivity index (χ3n) is 1.50. The number of benzene rings is 1. The molecule has 0 aromatic heterocycles. The molecule has 5 nitrogen and oxygen atoms in total. The van der Waals surface area contributed by atoms with E-state index in [-0.39, 0.29) is 10.7 Å². The van der Waals surface area contributed by atoms with E-state index in [1.54, 1.807) is 12.1 Å². The molecule has 82 valence electrons. The zero-order valence-corrected chi connectivity index (χ0v) is 10.6. The van der Waals surface area contributed by atoms with E-state index < -0.39 is 10.2 Å². The fourth-order valence-corrected chi connectivity index (χ4v) is 1.98. The molecule has 15 heavy (non-hydrogen) atoms. The van der Waals surface area contributed by atoms with Gasteiger partial charge in [0.2, 0.25) is 0 Å². The molecule has 0 saturated carbocycles. The van der Waals surface area contributed by atoms with Gasteiger partial charge in [-0.15, -0.1) is 0 Å². The molecule has 5 N–H and O–H groups in total. The van der Waals surface area contributed by atoms with Gasteiger partial charge in [0.1, 0.15) is 4.99 Å². The van der Waals surface area contributed by atoms with Crippen LogP contribution in [0.2, 0.25) is 0 Å². The second kappa shape index (κ2) is 4.44. The van der Waals surface area contributed by atoms with Gasteiger partial charge in [-0.1, -0.05) is 28.1 Å². The number of halogens is 1. The number of hydrogen-bond donors (Lipinski definition) is 3. The van der Waals surface area contributed by atoms with Crippen molar-refractivity contribution >= 4 is 49.0 Å². The highest BCUT2D eigenvalue weighted by Crippen LogP contribution is 2.21.